The van der Waals surface area contributed by atoms with Gasteiger partial charge in [0.15, 0.2) is 0 Å². The number of nitrogens with two attached hydrogens (primary N) is 2. The first kappa shape index (κ1) is 13.8. The number of hydrogen-bond donors (Lipinski definition) is 3. The van der Waals surface area contributed by atoms with Crippen LogP contribution in [0.5, 0.6) is 0 Å². The molecule has 0 aliphatic rings. The van der Waals surface area contributed by atoms with Gasteiger partial charge >= 0.3 is 0 Å². The van der Waals surface area contributed by atoms with Gasteiger partial charge < -0.3 is 5.73 Å². The van der Waals surface area contributed by atoms with Crippen molar-refractivity contribution in [1.29, 1.82) is 0 Å². The Kier molecular flexibility index (Phi) is 5.24. The molecule has 1 atom stereocenters. The number of nitrogen functional groups attached to an aromatic ring is 1. The molecule has 1 amide bonds. The number of benzene rings is 1. The molecule has 0 fully saturated rings. The van der Waals surface area contributed by atoms with Crippen LogP contribution in [0.25, 0.3) is 0 Å². The number of amides is 1. The van der Waals surface area contributed by atoms with E-state index in [1.54, 1.807) is 0 Å². The monoisotopic (exact) mass is 257 g/mol. The van der Waals surface area contributed by atoms with Crippen molar-refractivity contribution in [3.63, 3.8) is 0 Å². The molecule has 0 spiro atoms. The maximum absolute atomic E-state index is 13.1. The lowest BCUT2D eigenvalue weighted by atomic mass is 10.2. The van der Waals surface area contributed by atoms with E-state index in [0.717, 1.165) is 6.42 Å². The van der Waals surface area contributed by atoms with Crippen LogP contribution < -0.4 is 17.0 Å². The summed E-state index contributed by atoms with van der Waals surface area (Å²) in [7, 11) is 0. The van der Waals surface area contributed by atoms with Crippen molar-refractivity contribution in [3.05, 3.63) is 24.0 Å². The van der Waals surface area contributed by atoms with E-state index in [4.69, 9.17) is 11.6 Å². The van der Waals surface area contributed by atoms with Crippen molar-refractivity contribution in [2.45, 2.75) is 29.9 Å². The molecule has 0 radical (unpaired) electrons. The van der Waals surface area contributed by atoms with E-state index < -0.39 is 0 Å². The SMILES string of the molecule is CCCC(Sc1cc(F)ccc1N)C(=O)NN. The van der Waals surface area contributed by atoms with Crippen LogP contribution in [-0.2, 0) is 4.79 Å². The highest BCUT2D eigenvalue weighted by Gasteiger charge is 2.19. The first-order valence-corrected chi connectivity index (χ1v) is 6.18. The van der Waals surface area contributed by atoms with Crippen LogP contribution in [0.3, 0.4) is 0 Å². The standard InChI is InChI=1S/C11H16FN3OS/c1-2-3-9(11(16)15-14)17-10-6-7(12)4-5-8(10)13/h4-6,9H,2-3,13-14H2,1H3,(H,15,16). The molecule has 1 aromatic carbocycles. The minimum Gasteiger partial charge on any atom is -0.398 e. The van der Waals surface area contributed by atoms with Gasteiger partial charge in [0.05, 0.1) is 5.25 Å². The lowest BCUT2D eigenvalue weighted by Gasteiger charge is -2.15. The molecule has 94 valence electrons. The van der Waals surface area contributed by atoms with Crippen molar-refractivity contribution >= 4 is 23.4 Å². The molecule has 0 aromatic heterocycles. The Morgan fingerprint density at radius 1 is 1.59 bits per heavy atom. The number of hydrazine groups is 1. The quantitative estimate of drug-likeness (QED) is 0.246. The van der Waals surface area contributed by atoms with Gasteiger partial charge in [0.25, 0.3) is 0 Å². The summed E-state index contributed by atoms with van der Waals surface area (Å²) < 4.78 is 13.1. The van der Waals surface area contributed by atoms with E-state index in [1.807, 2.05) is 6.92 Å². The van der Waals surface area contributed by atoms with Gasteiger partial charge in [-0.2, -0.15) is 0 Å². The van der Waals surface area contributed by atoms with E-state index in [1.165, 1.54) is 30.0 Å². The fourth-order valence-electron chi connectivity index (χ4n) is 1.36. The number of hydrogen-bond acceptors (Lipinski definition) is 4. The molecule has 4 nitrogen and oxygen atoms in total. The maximum Gasteiger partial charge on any atom is 0.247 e. The molecule has 0 heterocycles. The third kappa shape index (κ3) is 3.90. The van der Waals surface area contributed by atoms with Gasteiger partial charge in [0.1, 0.15) is 5.82 Å². The second-order valence-electron chi connectivity index (χ2n) is 3.59. The Labute approximate surface area is 104 Å². The predicted octanol–water partition coefficient (Wildman–Crippen LogP) is 1.66. The number of thioether (sulfide) groups is 1. The van der Waals surface area contributed by atoms with Crippen molar-refractivity contribution in [2.24, 2.45) is 5.84 Å². The summed E-state index contributed by atoms with van der Waals surface area (Å²) in [6.45, 7) is 1.96. The van der Waals surface area contributed by atoms with Crippen LogP contribution in [0.1, 0.15) is 19.8 Å². The van der Waals surface area contributed by atoms with E-state index in [9.17, 15) is 9.18 Å². The molecular formula is C11H16FN3OS. The normalized spacial score (nSPS) is 12.2. The van der Waals surface area contributed by atoms with E-state index in [2.05, 4.69) is 5.43 Å². The molecule has 0 saturated heterocycles. The van der Waals surface area contributed by atoms with Crippen molar-refractivity contribution in [3.8, 4) is 0 Å². The van der Waals surface area contributed by atoms with Crippen molar-refractivity contribution in [2.75, 3.05) is 5.73 Å². The second-order valence-corrected chi connectivity index (χ2v) is 4.83. The Balaban J connectivity index is 2.85. The van der Waals surface area contributed by atoms with Crippen LogP contribution in [0.2, 0.25) is 0 Å². The summed E-state index contributed by atoms with van der Waals surface area (Å²) in [6, 6.07) is 4.10. The molecule has 6 heteroatoms. The van der Waals surface area contributed by atoms with Gasteiger partial charge in [0, 0.05) is 10.6 Å². The second kappa shape index (κ2) is 6.46. The van der Waals surface area contributed by atoms with Crippen LogP contribution in [0, 0.1) is 5.82 Å². The van der Waals surface area contributed by atoms with E-state index >= 15 is 0 Å². The highest BCUT2D eigenvalue weighted by atomic mass is 32.2. The number of rotatable bonds is 5. The van der Waals surface area contributed by atoms with Gasteiger partial charge in [-0.25, -0.2) is 10.2 Å². The number of halogens is 1. The molecule has 1 unspecified atom stereocenters. The summed E-state index contributed by atoms with van der Waals surface area (Å²) in [5.74, 6) is 4.46. The molecule has 0 aliphatic carbocycles. The highest BCUT2D eigenvalue weighted by Crippen LogP contribution is 2.31. The zero-order valence-electron chi connectivity index (χ0n) is 9.57. The molecular weight excluding hydrogens is 241 g/mol. The highest BCUT2D eigenvalue weighted by molar-refractivity contribution is 8.00. The average molecular weight is 257 g/mol. The third-order valence-electron chi connectivity index (χ3n) is 2.23. The van der Waals surface area contributed by atoms with Crippen molar-refractivity contribution < 1.29 is 9.18 Å². The minimum absolute atomic E-state index is 0.277. The van der Waals surface area contributed by atoms with Gasteiger partial charge in [-0.3, -0.25) is 10.2 Å². The molecule has 1 aromatic rings. The lowest BCUT2D eigenvalue weighted by Crippen LogP contribution is -2.37. The Morgan fingerprint density at radius 2 is 2.29 bits per heavy atom. The predicted molar refractivity (Wildman–Crippen MR) is 67.7 cm³/mol. The maximum atomic E-state index is 13.1. The summed E-state index contributed by atoms with van der Waals surface area (Å²) >= 11 is 1.23. The summed E-state index contributed by atoms with van der Waals surface area (Å²) in [5.41, 5.74) is 8.30. The van der Waals surface area contributed by atoms with Crippen LogP contribution in [-0.4, -0.2) is 11.2 Å². The Hall–Kier alpha value is -1.27. The summed E-state index contributed by atoms with van der Waals surface area (Å²) in [4.78, 5) is 12.1. The molecule has 0 saturated carbocycles. The average Bonchev–Trinajstić information content (AvgIpc) is 2.32. The van der Waals surface area contributed by atoms with Gasteiger partial charge in [-0.15, -0.1) is 11.8 Å². The molecule has 5 N–H and O–H groups in total. The minimum atomic E-state index is -0.370. The molecule has 17 heavy (non-hydrogen) atoms. The Morgan fingerprint density at radius 3 is 2.88 bits per heavy atom. The van der Waals surface area contributed by atoms with Crippen molar-refractivity contribution in [1.82, 2.24) is 5.43 Å². The van der Waals surface area contributed by atoms with Gasteiger partial charge in [-0.1, -0.05) is 13.3 Å². The first-order chi connectivity index (χ1) is 8.08. The zero-order valence-corrected chi connectivity index (χ0v) is 10.4. The van der Waals surface area contributed by atoms with E-state index in [0.29, 0.717) is 17.0 Å². The fraction of sp³-hybridized carbons (Fsp3) is 0.364. The van der Waals surface area contributed by atoms with Crippen LogP contribution in [0.15, 0.2) is 23.1 Å². The smallest absolute Gasteiger partial charge is 0.247 e. The topological polar surface area (TPSA) is 81.1 Å². The van der Waals surface area contributed by atoms with Crippen LogP contribution in [0.4, 0.5) is 10.1 Å². The first-order valence-electron chi connectivity index (χ1n) is 5.30. The fourth-order valence-corrected chi connectivity index (χ4v) is 2.58. The lowest BCUT2D eigenvalue weighted by molar-refractivity contribution is -0.120. The Bertz CT molecular complexity index is 400. The number of carbonyl (C=O) groups is 1. The van der Waals surface area contributed by atoms with Gasteiger partial charge in [-0.05, 0) is 24.6 Å². The molecule has 0 bridgehead atoms. The zero-order chi connectivity index (χ0) is 12.8. The molecule has 0 aliphatic heterocycles. The van der Waals surface area contributed by atoms with Crippen LogP contribution >= 0.6 is 11.8 Å². The largest absolute Gasteiger partial charge is 0.398 e. The number of anilines is 1. The van der Waals surface area contributed by atoms with Gasteiger partial charge in [0.2, 0.25) is 5.91 Å². The number of carbonyl (C=O) groups excluding carboxylic acids is 1. The summed E-state index contributed by atoms with van der Waals surface area (Å²) in [6.07, 6.45) is 1.49. The molecule has 1 rings (SSSR count). The number of nitrogens with one attached hydrogen (secondary N) is 1. The van der Waals surface area contributed by atoms with E-state index in [-0.39, 0.29) is 17.0 Å². The summed E-state index contributed by atoms with van der Waals surface area (Å²) in [5, 5.41) is -0.353. The third-order valence-corrected chi connectivity index (χ3v) is 3.57.